The second-order valence-corrected chi connectivity index (χ2v) is 30.5. The number of hydrogen-bond donors (Lipinski definition) is 2. The van der Waals surface area contributed by atoms with Crippen molar-refractivity contribution in [3.05, 3.63) is 36.5 Å². The minimum absolute atomic E-state index is 0.0571. The van der Waals surface area contributed by atoms with Gasteiger partial charge >= 0.3 is 19.8 Å². The first kappa shape index (κ1) is 93.2. The van der Waals surface area contributed by atoms with E-state index in [2.05, 4.69) is 50.3 Å². The van der Waals surface area contributed by atoms with Crippen molar-refractivity contribution in [1.82, 2.24) is 0 Å². The standard InChI is InChI=1S/C85H164NO8P/c1-3-5-7-9-11-13-15-17-19-21-23-25-27-29-31-33-35-37-38-39-40-41-42-43-44-46-48-50-52-54-56-58-60-62-64-66-68-70-72-74-76-78-85(88)94-83(82-93-95(89,90)92-80-79-86)81-91-84(87)77-75-73-71-69-67-65-63-61-59-57-55-53-51-49-47-45-36-34-32-30-28-26-24-22-20-18-16-14-12-10-8-6-4-2/h15,17,21-24,83H,3-14,16,18-20,25-82,86H2,1-2H3,(H,89,90)/b17-15-,23-21-,24-22-. The number of hydrogen-bond acceptors (Lipinski definition) is 8. The summed E-state index contributed by atoms with van der Waals surface area (Å²) < 4.78 is 33.3. The third kappa shape index (κ3) is 81.1. The number of allylic oxidation sites excluding steroid dienone is 6. The highest BCUT2D eigenvalue weighted by Gasteiger charge is 2.26. The zero-order valence-corrected chi connectivity index (χ0v) is 64.6. The van der Waals surface area contributed by atoms with Gasteiger partial charge in [0.2, 0.25) is 0 Å². The molecule has 0 aliphatic rings. The molecule has 0 aromatic heterocycles. The molecule has 562 valence electrons. The summed E-state index contributed by atoms with van der Waals surface area (Å²) in [5.74, 6) is -0.798. The number of nitrogens with two attached hydrogens (primary N) is 1. The van der Waals surface area contributed by atoms with Gasteiger partial charge in [-0.2, -0.15) is 0 Å². The molecule has 9 nitrogen and oxygen atoms in total. The maximum Gasteiger partial charge on any atom is 0.472 e. The van der Waals surface area contributed by atoms with Crippen molar-refractivity contribution in [2.24, 2.45) is 5.73 Å². The van der Waals surface area contributed by atoms with Crippen LogP contribution in [0.5, 0.6) is 0 Å². The maximum absolute atomic E-state index is 12.8. The predicted molar refractivity (Wildman–Crippen MR) is 414 cm³/mol. The molecule has 0 fully saturated rings. The van der Waals surface area contributed by atoms with Crippen LogP contribution in [0, 0.1) is 0 Å². The molecule has 2 atom stereocenters. The Balaban J connectivity index is 3.71. The SMILES string of the molecule is CCCCCCC/C=C\C/C=C\CCCCCCCCCCCCCCCCCCCCCCCCCCCCCCCC(=O)OC(COC(=O)CCCCCCCCCCCCCCCCCCCCCCC/C=C\CCCCCCCCCC)COP(=O)(O)OCCN. The molecule has 2 unspecified atom stereocenters. The third-order valence-electron chi connectivity index (χ3n) is 19.5. The topological polar surface area (TPSA) is 134 Å². The molecule has 0 radical (unpaired) electrons. The van der Waals surface area contributed by atoms with Gasteiger partial charge in [0.15, 0.2) is 6.10 Å². The number of rotatable bonds is 82. The maximum atomic E-state index is 12.8. The number of carbonyl (C=O) groups is 2. The van der Waals surface area contributed by atoms with E-state index >= 15 is 0 Å². The Bertz CT molecular complexity index is 1650. The van der Waals surface area contributed by atoms with Crippen molar-refractivity contribution in [3.63, 3.8) is 0 Å². The quantitative estimate of drug-likeness (QED) is 0.0264. The molecule has 10 heteroatoms. The number of phosphoric acid groups is 1. The first-order valence-electron chi connectivity index (χ1n) is 42.5. The third-order valence-corrected chi connectivity index (χ3v) is 20.5. The highest BCUT2D eigenvalue weighted by Crippen LogP contribution is 2.43. The van der Waals surface area contributed by atoms with Gasteiger partial charge < -0.3 is 20.1 Å². The highest BCUT2D eigenvalue weighted by atomic mass is 31.2. The molecular formula is C85H164NO8P. The van der Waals surface area contributed by atoms with Crippen LogP contribution in [0.25, 0.3) is 0 Å². The zero-order chi connectivity index (χ0) is 68.6. The first-order chi connectivity index (χ1) is 46.8. The van der Waals surface area contributed by atoms with Crippen LogP contribution in [0.3, 0.4) is 0 Å². The number of esters is 2. The van der Waals surface area contributed by atoms with Crippen LogP contribution in [-0.2, 0) is 32.7 Å². The molecule has 0 heterocycles. The number of unbranched alkanes of at least 4 members (excludes halogenated alkanes) is 63. The monoisotopic (exact) mass is 1360 g/mol. The van der Waals surface area contributed by atoms with E-state index in [4.69, 9.17) is 24.3 Å². The predicted octanol–water partition coefficient (Wildman–Crippen LogP) is 28.5. The lowest BCUT2D eigenvalue weighted by atomic mass is 10.0. The van der Waals surface area contributed by atoms with Crippen molar-refractivity contribution in [2.75, 3.05) is 26.4 Å². The van der Waals surface area contributed by atoms with Crippen molar-refractivity contribution in [2.45, 2.75) is 469 Å². The van der Waals surface area contributed by atoms with E-state index in [-0.39, 0.29) is 38.6 Å². The highest BCUT2D eigenvalue weighted by molar-refractivity contribution is 7.47. The number of carbonyl (C=O) groups excluding carboxylic acids is 2. The van der Waals surface area contributed by atoms with Crippen LogP contribution in [0.4, 0.5) is 0 Å². The molecule has 0 amide bonds. The van der Waals surface area contributed by atoms with Gasteiger partial charge in [-0.1, -0.05) is 416 Å². The van der Waals surface area contributed by atoms with E-state index in [9.17, 15) is 19.0 Å². The average Bonchev–Trinajstić information content (AvgIpc) is 2.75. The Morgan fingerprint density at radius 1 is 0.316 bits per heavy atom. The van der Waals surface area contributed by atoms with Gasteiger partial charge in [-0.25, -0.2) is 4.57 Å². The molecule has 0 rings (SSSR count). The molecule has 0 aliphatic heterocycles. The summed E-state index contributed by atoms with van der Waals surface area (Å²) in [5.41, 5.74) is 5.42. The summed E-state index contributed by atoms with van der Waals surface area (Å²) in [4.78, 5) is 35.5. The fourth-order valence-electron chi connectivity index (χ4n) is 13.2. The van der Waals surface area contributed by atoms with E-state index in [1.165, 1.54) is 392 Å². The molecular weight excluding hydrogens is 1190 g/mol. The van der Waals surface area contributed by atoms with Crippen LogP contribution in [0.15, 0.2) is 36.5 Å². The lowest BCUT2D eigenvalue weighted by molar-refractivity contribution is -0.161. The van der Waals surface area contributed by atoms with Crippen LogP contribution < -0.4 is 5.73 Å². The number of phosphoric ester groups is 1. The molecule has 0 spiro atoms. The van der Waals surface area contributed by atoms with Crippen LogP contribution in [-0.4, -0.2) is 49.3 Å². The van der Waals surface area contributed by atoms with Gasteiger partial charge in [-0.15, -0.1) is 0 Å². The van der Waals surface area contributed by atoms with Gasteiger partial charge in [0.05, 0.1) is 13.2 Å². The fourth-order valence-corrected chi connectivity index (χ4v) is 14.0. The summed E-state index contributed by atoms with van der Waals surface area (Å²) in [6, 6.07) is 0. The van der Waals surface area contributed by atoms with Gasteiger partial charge in [-0.3, -0.25) is 18.6 Å². The normalized spacial score (nSPS) is 12.9. The van der Waals surface area contributed by atoms with E-state index in [1.54, 1.807) is 0 Å². The minimum atomic E-state index is -4.39. The minimum Gasteiger partial charge on any atom is -0.462 e. The van der Waals surface area contributed by atoms with E-state index < -0.39 is 26.5 Å². The van der Waals surface area contributed by atoms with Crippen molar-refractivity contribution in [1.29, 1.82) is 0 Å². The largest absolute Gasteiger partial charge is 0.472 e. The lowest BCUT2D eigenvalue weighted by Gasteiger charge is -2.19. The molecule has 0 aromatic rings. The van der Waals surface area contributed by atoms with Crippen LogP contribution in [0.2, 0.25) is 0 Å². The Kier molecular flexibility index (Phi) is 79.7. The summed E-state index contributed by atoms with van der Waals surface area (Å²) in [6.07, 6.45) is 105. The Hall–Kier alpha value is -1.77. The molecule has 0 aromatic carbocycles. The van der Waals surface area contributed by atoms with E-state index in [0.717, 1.165) is 38.5 Å². The smallest absolute Gasteiger partial charge is 0.462 e. The zero-order valence-electron chi connectivity index (χ0n) is 63.7. The summed E-state index contributed by atoms with van der Waals surface area (Å²) in [7, 11) is -4.39. The van der Waals surface area contributed by atoms with Crippen molar-refractivity contribution in [3.8, 4) is 0 Å². The Labute approximate surface area is 592 Å². The number of ether oxygens (including phenoxy) is 2. The molecule has 95 heavy (non-hydrogen) atoms. The molecule has 0 aliphatic carbocycles. The van der Waals surface area contributed by atoms with Gasteiger partial charge in [-0.05, 0) is 70.6 Å². The molecule has 0 saturated heterocycles. The summed E-state index contributed by atoms with van der Waals surface area (Å²) in [6.45, 7) is 3.83. The van der Waals surface area contributed by atoms with Crippen LogP contribution in [0.1, 0.15) is 463 Å². The summed E-state index contributed by atoms with van der Waals surface area (Å²) >= 11 is 0. The second kappa shape index (κ2) is 81.2. The fraction of sp³-hybridized carbons (Fsp3) is 0.906. The lowest BCUT2D eigenvalue weighted by Crippen LogP contribution is -2.29. The first-order valence-corrected chi connectivity index (χ1v) is 44.0. The molecule has 0 bridgehead atoms. The second-order valence-electron chi connectivity index (χ2n) is 29.1. The Morgan fingerprint density at radius 3 is 0.811 bits per heavy atom. The Morgan fingerprint density at radius 2 is 0.547 bits per heavy atom. The molecule has 3 N–H and O–H groups in total. The average molecular weight is 1360 g/mol. The van der Waals surface area contributed by atoms with Crippen molar-refractivity contribution >= 4 is 19.8 Å². The van der Waals surface area contributed by atoms with E-state index in [1.807, 2.05) is 0 Å². The van der Waals surface area contributed by atoms with E-state index in [0.29, 0.717) is 6.42 Å². The van der Waals surface area contributed by atoms with Gasteiger partial charge in [0, 0.05) is 19.4 Å². The van der Waals surface area contributed by atoms with Gasteiger partial charge in [0.1, 0.15) is 6.61 Å². The van der Waals surface area contributed by atoms with Crippen molar-refractivity contribution < 1.29 is 37.6 Å². The van der Waals surface area contributed by atoms with Gasteiger partial charge in [0.25, 0.3) is 0 Å². The van der Waals surface area contributed by atoms with Crippen LogP contribution >= 0.6 is 7.82 Å². The molecule has 0 saturated carbocycles. The summed E-state index contributed by atoms with van der Waals surface area (Å²) in [5, 5.41) is 0.